The Morgan fingerprint density at radius 3 is 2.44 bits per heavy atom. The number of benzene rings is 1. The van der Waals surface area contributed by atoms with Crippen LogP contribution in [0.5, 0.6) is 0 Å². The van der Waals surface area contributed by atoms with Crippen LogP contribution < -0.4 is 11.6 Å². The van der Waals surface area contributed by atoms with E-state index in [2.05, 4.69) is 24.9 Å². The maximum Gasteiger partial charge on any atom is 0.150 e. The molecule has 4 N–H and O–H groups in total. The minimum atomic E-state index is 0.506. The summed E-state index contributed by atoms with van der Waals surface area (Å²) >= 11 is 0. The van der Waals surface area contributed by atoms with E-state index in [-0.39, 0.29) is 0 Å². The van der Waals surface area contributed by atoms with Gasteiger partial charge in [-0.1, -0.05) is 18.2 Å². The Morgan fingerprint density at radius 2 is 1.88 bits per heavy atom. The van der Waals surface area contributed by atoms with Crippen molar-refractivity contribution in [2.75, 3.05) is 11.6 Å². The number of aryl methyl sites for hydroxylation is 2. The lowest BCUT2D eigenvalue weighted by Crippen LogP contribution is -2.13. The lowest BCUT2D eigenvalue weighted by Gasteiger charge is -2.06. The van der Waals surface area contributed by atoms with Crippen molar-refractivity contribution in [3.05, 3.63) is 35.2 Å². The van der Waals surface area contributed by atoms with Gasteiger partial charge in [0.25, 0.3) is 0 Å². The monoisotopic (exact) mass is 216 g/mol. The van der Waals surface area contributed by atoms with E-state index in [0.29, 0.717) is 11.6 Å². The summed E-state index contributed by atoms with van der Waals surface area (Å²) in [6, 6.07) is 6.09. The van der Waals surface area contributed by atoms with E-state index in [0.717, 1.165) is 11.3 Å². The Labute approximate surface area is 94.9 Å². The van der Waals surface area contributed by atoms with Crippen molar-refractivity contribution in [1.29, 1.82) is 0 Å². The number of rotatable bonds is 1. The van der Waals surface area contributed by atoms with Crippen LogP contribution in [0, 0.1) is 20.8 Å². The van der Waals surface area contributed by atoms with Crippen molar-refractivity contribution < 1.29 is 0 Å². The summed E-state index contributed by atoms with van der Waals surface area (Å²) in [5.41, 5.74) is 10.2. The number of nitrogens with two attached hydrogens (primary N) is 2. The van der Waals surface area contributed by atoms with Crippen LogP contribution >= 0.6 is 0 Å². The van der Waals surface area contributed by atoms with Crippen molar-refractivity contribution in [2.45, 2.75) is 20.8 Å². The number of hydrogen-bond acceptors (Lipinski definition) is 3. The van der Waals surface area contributed by atoms with Gasteiger partial charge in [-0.05, 0) is 31.9 Å². The highest BCUT2D eigenvalue weighted by Gasteiger charge is 2.14. The molecule has 2 rings (SSSR count). The Morgan fingerprint density at radius 1 is 1.19 bits per heavy atom. The van der Waals surface area contributed by atoms with Crippen molar-refractivity contribution in [3.63, 3.8) is 0 Å². The van der Waals surface area contributed by atoms with Crippen molar-refractivity contribution in [1.82, 2.24) is 9.66 Å². The first kappa shape index (κ1) is 10.5. The first-order valence-electron chi connectivity index (χ1n) is 5.19. The average molecular weight is 216 g/mol. The van der Waals surface area contributed by atoms with Crippen LogP contribution in [0.1, 0.15) is 17.0 Å². The molecule has 0 saturated heterocycles. The third-order valence-corrected chi connectivity index (χ3v) is 2.98. The maximum atomic E-state index is 5.93. The molecular weight excluding hydrogens is 200 g/mol. The Balaban J connectivity index is 2.68. The Bertz CT molecular complexity index is 540. The summed E-state index contributed by atoms with van der Waals surface area (Å²) in [5, 5.41) is 0. The molecule has 0 spiro atoms. The quantitative estimate of drug-likeness (QED) is 0.714. The largest absolute Gasteiger partial charge is 0.382 e. The van der Waals surface area contributed by atoms with Crippen LogP contribution in [0.25, 0.3) is 11.3 Å². The molecule has 0 bridgehead atoms. The number of nitrogen functional groups attached to an aromatic ring is 2. The third kappa shape index (κ3) is 1.43. The molecule has 0 saturated carbocycles. The maximum absolute atomic E-state index is 5.93. The van der Waals surface area contributed by atoms with Crippen LogP contribution in [0.15, 0.2) is 18.2 Å². The summed E-state index contributed by atoms with van der Waals surface area (Å²) in [4.78, 5) is 4.39. The Kier molecular flexibility index (Phi) is 2.34. The fourth-order valence-corrected chi connectivity index (χ4v) is 1.77. The predicted molar refractivity (Wildman–Crippen MR) is 66.4 cm³/mol. The van der Waals surface area contributed by atoms with Gasteiger partial charge in [0.2, 0.25) is 0 Å². The fourth-order valence-electron chi connectivity index (χ4n) is 1.77. The van der Waals surface area contributed by atoms with E-state index >= 15 is 0 Å². The van der Waals surface area contributed by atoms with E-state index < -0.39 is 0 Å². The highest BCUT2D eigenvalue weighted by Crippen LogP contribution is 2.28. The molecule has 1 aromatic carbocycles. The molecule has 16 heavy (non-hydrogen) atoms. The summed E-state index contributed by atoms with van der Waals surface area (Å²) in [6.45, 7) is 5.97. The topological polar surface area (TPSA) is 69.9 Å². The molecule has 1 aromatic heterocycles. The van der Waals surface area contributed by atoms with Gasteiger partial charge in [0, 0.05) is 5.56 Å². The van der Waals surface area contributed by atoms with Gasteiger partial charge in [0.05, 0.1) is 0 Å². The number of hydrogen-bond donors (Lipinski definition) is 2. The molecule has 0 unspecified atom stereocenters. The van der Waals surface area contributed by atoms with E-state index in [1.165, 1.54) is 15.8 Å². The molecular formula is C12H16N4. The van der Waals surface area contributed by atoms with Gasteiger partial charge in [-0.15, -0.1) is 0 Å². The van der Waals surface area contributed by atoms with Gasteiger partial charge >= 0.3 is 0 Å². The molecule has 0 radical (unpaired) electrons. The number of imidazole rings is 1. The fraction of sp³-hybridized carbons (Fsp3) is 0.250. The van der Waals surface area contributed by atoms with Crippen molar-refractivity contribution in [2.24, 2.45) is 0 Å². The minimum absolute atomic E-state index is 0.506. The van der Waals surface area contributed by atoms with Crippen molar-refractivity contribution in [3.8, 4) is 11.3 Å². The van der Waals surface area contributed by atoms with E-state index in [4.69, 9.17) is 11.6 Å². The smallest absolute Gasteiger partial charge is 0.150 e. The molecule has 84 valence electrons. The van der Waals surface area contributed by atoms with Crippen LogP contribution in [0.4, 0.5) is 5.82 Å². The zero-order valence-electron chi connectivity index (χ0n) is 9.78. The van der Waals surface area contributed by atoms with E-state index in [1.807, 2.05) is 19.1 Å². The highest BCUT2D eigenvalue weighted by molar-refractivity contribution is 5.74. The first-order chi connectivity index (χ1) is 7.52. The van der Waals surface area contributed by atoms with Crippen LogP contribution in [-0.4, -0.2) is 9.66 Å². The molecule has 2 aromatic rings. The van der Waals surface area contributed by atoms with E-state index in [1.54, 1.807) is 0 Å². The summed E-state index contributed by atoms with van der Waals surface area (Å²) < 4.78 is 1.41. The zero-order chi connectivity index (χ0) is 11.9. The Hall–Kier alpha value is -1.97. The molecule has 4 nitrogen and oxygen atoms in total. The summed E-state index contributed by atoms with van der Waals surface area (Å²) in [5.74, 6) is 6.98. The normalized spacial score (nSPS) is 10.7. The third-order valence-electron chi connectivity index (χ3n) is 2.98. The van der Waals surface area contributed by atoms with Gasteiger partial charge < -0.3 is 11.6 Å². The SMILES string of the molecule is Cc1cccc(-c2nc(C)n(N)c2N)c1C. The summed E-state index contributed by atoms with van der Waals surface area (Å²) in [7, 11) is 0. The molecule has 0 aliphatic heterocycles. The second kappa shape index (κ2) is 3.56. The zero-order valence-corrected chi connectivity index (χ0v) is 9.78. The standard InChI is InChI=1S/C12H16N4/c1-7-5-4-6-10(8(7)2)11-12(13)16(14)9(3)15-11/h4-6H,13-14H2,1-3H3. The molecule has 1 heterocycles. The lowest BCUT2D eigenvalue weighted by molar-refractivity contribution is 0.937. The van der Waals surface area contributed by atoms with Crippen molar-refractivity contribution >= 4 is 5.82 Å². The number of aromatic nitrogens is 2. The summed E-state index contributed by atoms with van der Waals surface area (Å²) in [6.07, 6.45) is 0. The van der Waals surface area contributed by atoms with Gasteiger partial charge in [-0.2, -0.15) is 0 Å². The molecule has 4 heteroatoms. The second-order valence-electron chi connectivity index (χ2n) is 4.01. The predicted octanol–water partition coefficient (Wildman–Crippen LogP) is 1.77. The second-order valence-corrected chi connectivity index (χ2v) is 4.01. The van der Waals surface area contributed by atoms with Gasteiger partial charge in [0.15, 0.2) is 5.82 Å². The minimum Gasteiger partial charge on any atom is -0.382 e. The molecule has 0 aliphatic carbocycles. The highest BCUT2D eigenvalue weighted by atomic mass is 15.4. The number of nitrogens with zero attached hydrogens (tertiary/aromatic N) is 2. The lowest BCUT2D eigenvalue weighted by atomic mass is 10.0. The van der Waals surface area contributed by atoms with Gasteiger partial charge in [0.1, 0.15) is 11.5 Å². The average Bonchev–Trinajstić information content (AvgIpc) is 2.50. The van der Waals surface area contributed by atoms with Gasteiger partial charge in [-0.25, -0.2) is 9.66 Å². The molecule has 0 fully saturated rings. The molecule has 0 aliphatic rings. The molecule has 0 amide bonds. The van der Waals surface area contributed by atoms with Crippen LogP contribution in [0.2, 0.25) is 0 Å². The van der Waals surface area contributed by atoms with Gasteiger partial charge in [-0.3, -0.25) is 0 Å². The first-order valence-corrected chi connectivity index (χ1v) is 5.19. The van der Waals surface area contributed by atoms with Crippen LogP contribution in [-0.2, 0) is 0 Å². The van der Waals surface area contributed by atoms with E-state index in [9.17, 15) is 0 Å². The van der Waals surface area contributed by atoms with Crippen LogP contribution in [0.3, 0.4) is 0 Å². The number of anilines is 1. The molecule has 0 atom stereocenters.